The van der Waals surface area contributed by atoms with Crippen molar-refractivity contribution in [2.24, 2.45) is 0 Å². The minimum atomic E-state index is -1.18. The number of hydrogen-bond acceptors (Lipinski definition) is 8. The fourth-order valence-corrected chi connectivity index (χ4v) is 6.43. The Hall–Kier alpha value is -3.55. The van der Waals surface area contributed by atoms with Gasteiger partial charge < -0.3 is 39.9 Å². The van der Waals surface area contributed by atoms with E-state index in [1.165, 1.54) is 21.7 Å². The summed E-state index contributed by atoms with van der Waals surface area (Å²) in [5.41, 5.74) is 0.824. The molecule has 44 heavy (non-hydrogen) atoms. The summed E-state index contributed by atoms with van der Waals surface area (Å²) in [5.74, 6) is -2.17. The van der Waals surface area contributed by atoms with Crippen molar-refractivity contribution < 1.29 is 38.6 Å². The maximum absolute atomic E-state index is 13.7. The molecule has 0 spiro atoms. The summed E-state index contributed by atoms with van der Waals surface area (Å²) in [4.78, 5) is 72.1. The van der Waals surface area contributed by atoms with Crippen LogP contribution < -0.4 is 10.6 Å². The molecule has 4 heterocycles. The number of nitrogens with zero attached hydrogens (tertiary/aromatic N) is 3. The highest BCUT2D eigenvalue weighted by molar-refractivity contribution is 5.95. The molecule has 0 aliphatic carbocycles. The number of ether oxygens (including phenoxy) is 2. The van der Waals surface area contributed by atoms with Crippen molar-refractivity contribution in [3.63, 3.8) is 0 Å². The number of nitrogens with one attached hydrogen (secondary N) is 2. The highest BCUT2D eigenvalue weighted by atomic mass is 16.5. The molecule has 13 nitrogen and oxygen atoms in total. The highest BCUT2D eigenvalue weighted by Crippen LogP contribution is 2.23. The van der Waals surface area contributed by atoms with Crippen LogP contribution in [0.5, 0.6) is 0 Å². The van der Waals surface area contributed by atoms with Gasteiger partial charge in [0.1, 0.15) is 36.4 Å². The Bertz CT molecular complexity index is 1220. The third kappa shape index (κ3) is 7.05. The Labute approximate surface area is 257 Å². The lowest BCUT2D eigenvalue weighted by Crippen LogP contribution is -2.60. The number of rotatable bonds is 3. The monoisotopic (exact) mass is 613 g/mol. The SMILES string of the molecule is C[C@H]1C(=O)N[C@@H](Cc2ccccc2)C(=O)N[C@H]2CCO[C@H](CN(C(=O)[C@H]3CCCO3)CC(=O)N3CCC[C@H]3C(=O)N1C)[C@H]2O. The van der Waals surface area contributed by atoms with Crippen molar-refractivity contribution >= 4 is 29.5 Å². The van der Waals surface area contributed by atoms with E-state index in [0.717, 1.165) is 12.0 Å². The fraction of sp³-hybridized carbons (Fsp3) is 0.645. The van der Waals surface area contributed by atoms with Gasteiger partial charge in [0.15, 0.2) is 0 Å². The number of carbonyl (C=O) groups is 5. The second-order valence-corrected chi connectivity index (χ2v) is 12.1. The zero-order valence-corrected chi connectivity index (χ0v) is 25.4. The molecule has 0 aromatic heterocycles. The predicted molar refractivity (Wildman–Crippen MR) is 157 cm³/mol. The standard InChI is InChI=1S/C31H43N5O8/c1-19-28(39)33-22(16-20-8-4-3-5-9-20)29(40)32-21-12-15-44-25(27(21)38)17-35(31(42)24-11-7-14-43-24)18-26(37)36-13-6-10-23(36)30(41)34(19)2/h3-5,8-9,19,21-25,27,38H,6-7,10-18H2,1-2H3,(H,32,40)(H,33,39)/t19-,21-,22-,23-,24+,25+,27-/m0/s1. The molecule has 4 aliphatic rings. The van der Waals surface area contributed by atoms with Crippen molar-refractivity contribution in [3.05, 3.63) is 35.9 Å². The van der Waals surface area contributed by atoms with Crippen LogP contribution in [0.2, 0.25) is 0 Å². The van der Waals surface area contributed by atoms with Gasteiger partial charge in [-0.3, -0.25) is 24.0 Å². The Kier molecular flexibility index (Phi) is 10.2. The van der Waals surface area contributed by atoms with Crippen LogP contribution in [-0.4, -0.2) is 132 Å². The average Bonchev–Trinajstić information content (AvgIpc) is 3.74. The number of likely N-dealkylation sites (N-methyl/N-ethyl adjacent to an activating group) is 1. The quantitative estimate of drug-likeness (QED) is 0.400. The summed E-state index contributed by atoms with van der Waals surface area (Å²) in [6.07, 6.45) is 0.0105. The van der Waals surface area contributed by atoms with Gasteiger partial charge in [-0.2, -0.15) is 0 Å². The van der Waals surface area contributed by atoms with E-state index in [2.05, 4.69) is 10.6 Å². The van der Waals surface area contributed by atoms with Crippen LogP contribution in [-0.2, 0) is 39.9 Å². The van der Waals surface area contributed by atoms with Gasteiger partial charge in [-0.15, -0.1) is 0 Å². The second-order valence-electron chi connectivity index (χ2n) is 12.1. The molecule has 1 aromatic rings. The van der Waals surface area contributed by atoms with Gasteiger partial charge in [0, 0.05) is 33.2 Å². The minimum absolute atomic E-state index is 0.0917. The summed E-state index contributed by atoms with van der Waals surface area (Å²) < 4.78 is 11.5. The van der Waals surface area contributed by atoms with E-state index in [0.29, 0.717) is 38.8 Å². The topological polar surface area (TPSA) is 158 Å². The normalized spacial score (nSPS) is 32.6. The van der Waals surface area contributed by atoms with Crippen molar-refractivity contribution in [2.75, 3.05) is 39.9 Å². The van der Waals surface area contributed by atoms with Crippen LogP contribution in [0, 0.1) is 0 Å². The van der Waals surface area contributed by atoms with Gasteiger partial charge in [-0.25, -0.2) is 0 Å². The zero-order chi connectivity index (χ0) is 31.4. The molecule has 1 aromatic carbocycles. The first-order valence-electron chi connectivity index (χ1n) is 15.5. The Morgan fingerprint density at radius 3 is 2.48 bits per heavy atom. The molecule has 5 amide bonds. The number of benzene rings is 1. The molecular weight excluding hydrogens is 570 g/mol. The van der Waals surface area contributed by atoms with E-state index in [4.69, 9.17) is 9.47 Å². The largest absolute Gasteiger partial charge is 0.388 e. The van der Waals surface area contributed by atoms with Gasteiger partial charge in [0.25, 0.3) is 5.91 Å². The van der Waals surface area contributed by atoms with Gasteiger partial charge in [-0.1, -0.05) is 30.3 Å². The van der Waals surface area contributed by atoms with E-state index in [-0.39, 0.29) is 32.0 Å². The van der Waals surface area contributed by atoms with Gasteiger partial charge in [0.2, 0.25) is 23.6 Å². The lowest BCUT2D eigenvalue weighted by atomic mass is 9.97. The average molecular weight is 614 g/mol. The lowest BCUT2D eigenvalue weighted by Gasteiger charge is -2.39. The number of fused-ring (bicyclic) bond motifs is 3. The Morgan fingerprint density at radius 2 is 1.75 bits per heavy atom. The van der Waals surface area contributed by atoms with Gasteiger partial charge in [0.05, 0.1) is 19.1 Å². The first-order chi connectivity index (χ1) is 21.1. The van der Waals surface area contributed by atoms with Crippen LogP contribution in [0.1, 0.15) is 44.6 Å². The molecule has 0 saturated carbocycles. The van der Waals surface area contributed by atoms with E-state index in [9.17, 15) is 29.1 Å². The molecular formula is C31H43N5O8. The smallest absolute Gasteiger partial charge is 0.252 e. The van der Waals surface area contributed by atoms with E-state index >= 15 is 0 Å². The zero-order valence-electron chi connectivity index (χ0n) is 25.4. The number of amides is 5. The summed E-state index contributed by atoms with van der Waals surface area (Å²) in [6.45, 7) is 2.17. The minimum Gasteiger partial charge on any atom is -0.388 e. The third-order valence-electron chi connectivity index (χ3n) is 9.21. The van der Waals surface area contributed by atoms with E-state index in [1.807, 2.05) is 30.3 Å². The third-order valence-corrected chi connectivity index (χ3v) is 9.21. The van der Waals surface area contributed by atoms with E-state index in [1.54, 1.807) is 6.92 Å². The summed E-state index contributed by atoms with van der Waals surface area (Å²) in [5, 5.41) is 17.0. The first-order valence-corrected chi connectivity index (χ1v) is 15.5. The number of aliphatic hydroxyl groups is 1. The first kappa shape index (κ1) is 31.9. The van der Waals surface area contributed by atoms with Gasteiger partial charge >= 0.3 is 0 Å². The molecule has 13 heteroatoms. The van der Waals surface area contributed by atoms with Crippen molar-refractivity contribution in [3.8, 4) is 0 Å². The number of carbonyl (C=O) groups excluding carboxylic acids is 5. The van der Waals surface area contributed by atoms with Crippen LogP contribution in [0.3, 0.4) is 0 Å². The highest BCUT2D eigenvalue weighted by Gasteiger charge is 2.42. The van der Waals surface area contributed by atoms with Crippen LogP contribution in [0.25, 0.3) is 0 Å². The molecule has 4 aliphatic heterocycles. The molecule has 5 rings (SSSR count). The molecule has 4 saturated heterocycles. The number of hydrogen-bond donors (Lipinski definition) is 3. The second kappa shape index (κ2) is 14.0. The predicted octanol–water partition coefficient (Wildman–Crippen LogP) is -0.792. The van der Waals surface area contributed by atoms with Crippen molar-refractivity contribution in [1.29, 1.82) is 0 Å². The molecule has 4 fully saturated rings. The Balaban J connectivity index is 1.46. The number of aliphatic hydroxyl groups excluding tert-OH is 1. The summed E-state index contributed by atoms with van der Waals surface area (Å²) in [6, 6.07) is 5.82. The van der Waals surface area contributed by atoms with Crippen LogP contribution >= 0.6 is 0 Å². The Morgan fingerprint density at radius 1 is 0.977 bits per heavy atom. The van der Waals surface area contributed by atoms with Gasteiger partial charge in [-0.05, 0) is 44.6 Å². The molecule has 0 radical (unpaired) electrons. The van der Waals surface area contributed by atoms with Crippen molar-refractivity contribution in [2.45, 2.75) is 87.9 Å². The lowest BCUT2D eigenvalue weighted by molar-refractivity contribution is -0.155. The molecule has 2 bridgehead atoms. The maximum atomic E-state index is 13.7. The molecule has 240 valence electrons. The summed E-state index contributed by atoms with van der Waals surface area (Å²) in [7, 11) is 1.51. The van der Waals surface area contributed by atoms with Crippen LogP contribution in [0.15, 0.2) is 30.3 Å². The summed E-state index contributed by atoms with van der Waals surface area (Å²) >= 11 is 0. The molecule has 3 N–H and O–H groups in total. The van der Waals surface area contributed by atoms with Crippen molar-refractivity contribution in [1.82, 2.24) is 25.3 Å². The fourth-order valence-electron chi connectivity index (χ4n) is 6.43. The maximum Gasteiger partial charge on any atom is 0.252 e. The molecule has 0 unspecified atom stereocenters. The van der Waals surface area contributed by atoms with E-state index < -0.39 is 66.1 Å². The molecule has 7 atom stereocenters. The van der Waals surface area contributed by atoms with Crippen LogP contribution in [0.4, 0.5) is 0 Å².